The molecule has 1 aromatic heterocycles. The Morgan fingerprint density at radius 3 is 2.31 bits per heavy atom. The maximum absolute atomic E-state index is 5.59. The lowest BCUT2D eigenvalue weighted by molar-refractivity contribution is 0.242. The molecule has 84 valence electrons. The predicted molar refractivity (Wildman–Crippen MR) is 64.4 cm³/mol. The smallest absolute Gasteiger partial charge is 0.119 e. The van der Waals surface area contributed by atoms with Crippen molar-refractivity contribution in [3.8, 4) is 17.0 Å². The summed E-state index contributed by atoms with van der Waals surface area (Å²) < 4.78 is 7.45. The third-order valence-corrected chi connectivity index (χ3v) is 2.34. The Bertz CT molecular complexity index is 457. The van der Waals surface area contributed by atoms with E-state index in [2.05, 4.69) is 17.2 Å². The molecule has 0 aliphatic heterocycles. The lowest BCUT2D eigenvalue weighted by Crippen LogP contribution is -2.05. The second-order valence-electron chi connectivity index (χ2n) is 4.03. The lowest BCUT2D eigenvalue weighted by Gasteiger charge is -2.10. The third-order valence-electron chi connectivity index (χ3n) is 2.34. The van der Waals surface area contributed by atoms with Gasteiger partial charge >= 0.3 is 0 Å². The van der Waals surface area contributed by atoms with E-state index in [9.17, 15) is 0 Å². The van der Waals surface area contributed by atoms with E-state index in [-0.39, 0.29) is 6.10 Å². The van der Waals surface area contributed by atoms with E-state index in [1.165, 1.54) is 0 Å². The fourth-order valence-corrected chi connectivity index (χ4v) is 1.63. The first-order valence-corrected chi connectivity index (χ1v) is 5.42. The number of nitrogens with zero attached hydrogens (tertiary/aromatic N) is 2. The molecule has 0 bridgehead atoms. The molecule has 0 aliphatic rings. The second-order valence-corrected chi connectivity index (χ2v) is 4.03. The molecule has 0 amide bonds. The van der Waals surface area contributed by atoms with Gasteiger partial charge in [0.05, 0.1) is 11.8 Å². The van der Waals surface area contributed by atoms with Gasteiger partial charge in [0.2, 0.25) is 0 Å². The second kappa shape index (κ2) is 4.39. The fraction of sp³-hybridized carbons (Fsp3) is 0.308. The number of aryl methyl sites for hydroxylation is 1. The first-order chi connectivity index (χ1) is 7.66. The van der Waals surface area contributed by atoms with Crippen molar-refractivity contribution in [2.24, 2.45) is 7.05 Å². The predicted octanol–water partition coefficient (Wildman–Crippen LogP) is 2.87. The molecular weight excluding hydrogens is 200 g/mol. The summed E-state index contributed by atoms with van der Waals surface area (Å²) >= 11 is 0. The Balaban J connectivity index is 2.23. The van der Waals surface area contributed by atoms with Crippen LogP contribution in [-0.4, -0.2) is 15.9 Å². The van der Waals surface area contributed by atoms with Crippen molar-refractivity contribution in [2.45, 2.75) is 20.0 Å². The van der Waals surface area contributed by atoms with Crippen LogP contribution in [0.3, 0.4) is 0 Å². The summed E-state index contributed by atoms with van der Waals surface area (Å²) in [5.74, 6) is 0.904. The summed E-state index contributed by atoms with van der Waals surface area (Å²) in [5, 5.41) is 4.15. The number of hydrogen-bond donors (Lipinski definition) is 0. The monoisotopic (exact) mass is 216 g/mol. The summed E-state index contributed by atoms with van der Waals surface area (Å²) in [6.07, 6.45) is 2.01. The molecule has 2 rings (SSSR count). The molecule has 1 aromatic carbocycles. The average molecular weight is 216 g/mol. The van der Waals surface area contributed by atoms with Gasteiger partial charge in [0, 0.05) is 18.8 Å². The topological polar surface area (TPSA) is 27.1 Å². The van der Waals surface area contributed by atoms with Gasteiger partial charge in [0.15, 0.2) is 0 Å². The zero-order chi connectivity index (χ0) is 11.5. The summed E-state index contributed by atoms with van der Waals surface area (Å²) in [4.78, 5) is 0. The van der Waals surface area contributed by atoms with Crippen molar-refractivity contribution in [3.05, 3.63) is 36.5 Å². The molecule has 0 aliphatic carbocycles. The Morgan fingerprint density at radius 1 is 1.12 bits per heavy atom. The fourth-order valence-electron chi connectivity index (χ4n) is 1.63. The molecule has 0 unspecified atom stereocenters. The maximum Gasteiger partial charge on any atom is 0.119 e. The third kappa shape index (κ3) is 2.24. The molecule has 3 nitrogen and oxygen atoms in total. The van der Waals surface area contributed by atoms with Crippen LogP contribution in [0.1, 0.15) is 13.8 Å². The van der Waals surface area contributed by atoms with Gasteiger partial charge in [-0.1, -0.05) is 0 Å². The average Bonchev–Trinajstić information content (AvgIpc) is 2.65. The molecule has 16 heavy (non-hydrogen) atoms. The van der Waals surface area contributed by atoms with Crippen LogP contribution >= 0.6 is 0 Å². The first-order valence-electron chi connectivity index (χ1n) is 5.42. The normalized spacial score (nSPS) is 10.8. The van der Waals surface area contributed by atoms with E-state index in [0.717, 1.165) is 17.0 Å². The Hall–Kier alpha value is -1.77. The molecule has 0 saturated heterocycles. The Morgan fingerprint density at radius 2 is 1.81 bits per heavy atom. The molecule has 0 radical (unpaired) electrons. The molecule has 2 aromatic rings. The van der Waals surface area contributed by atoms with E-state index < -0.39 is 0 Å². The van der Waals surface area contributed by atoms with Crippen LogP contribution in [-0.2, 0) is 7.05 Å². The van der Waals surface area contributed by atoms with Crippen molar-refractivity contribution < 1.29 is 4.74 Å². The van der Waals surface area contributed by atoms with Crippen LogP contribution in [0.15, 0.2) is 36.5 Å². The van der Waals surface area contributed by atoms with Crippen molar-refractivity contribution in [1.29, 1.82) is 0 Å². The van der Waals surface area contributed by atoms with E-state index in [4.69, 9.17) is 4.74 Å². The minimum atomic E-state index is 0.211. The molecule has 0 atom stereocenters. The number of hydrogen-bond acceptors (Lipinski definition) is 2. The molecule has 0 fully saturated rings. The Kier molecular flexibility index (Phi) is 2.95. The number of aromatic nitrogens is 2. The van der Waals surface area contributed by atoms with Crippen molar-refractivity contribution in [3.63, 3.8) is 0 Å². The maximum atomic E-state index is 5.59. The molecule has 1 heterocycles. The van der Waals surface area contributed by atoms with Crippen molar-refractivity contribution in [2.75, 3.05) is 0 Å². The summed E-state index contributed by atoms with van der Waals surface area (Å²) in [6, 6.07) is 10.1. The van der Waals surface area contributed by atoms with Crippen molar-refractivity contribution >= 4 is 0 Å². The quantitative estimate of drug-likeness (QED) is 0.788. The van der Waals surface area contributed by atoms with E-state index in [0.29, 0.717) is 0 Å². The highest BCUT2D eigenvalue weighted by molar-refractivity contribution is 5.60. The number of benzene rings is 1. The van der Waals surface area contributed by atoms with E-state index >= 15 is 0 Å². The highest BCUT2D eigenvalue weighted by Gasteiger charge is 2.03. The summed E-state index contributed by atoms with van der Waals surface area (Å²) in [5.41, 5.74) is 2.26. The van der Waals surface area contributed by atoms with Crippen LogP contribution in [0.4, 0.5) is 0 Å². The van der Waals surface area contributed by atoms with Gasteiger partial charge in [0.1, 0.15) is 5.75 Å². The van der Waals surface area contributed by atoms with Gasteiger partial charge in [-0.25, -0.2) is 0 Å². The number of ether oxygens (including phenoxy) is 1. The Labute approximate surface area is 95.7 Å². The van der Waals surface area contributed by atoms with Crippen LogP contribution in [0.25, 0.3) is 11.3 Å². The summed E-state index contributed by atoms with van der Waals surface area (Å²) in [6.45, 7) is 4.05. The van der Waals surface area contributed by atoms with Crippen LogP contribution in [0.2, 0.25) is 0 Å². The lowest BCUT2D eigenvalue weighted by atomic mass is 10.1. The summed E-state index contributed by atoms with van der Waals surface area (Å²) in [7, 11) is 1.94. The van der Waals surface area contributed by atoms with Gasteiger partial charge in [-0.15, -0.1) is 0 Å². The number of rotatable bonds is 3. The van der Waals surface area contributed by atoms with E-state index in [1.54, 1.807) is 6.20 Å². The SMILES string of the molecule is CC(C)Oc1ccc(-c2ccnn2C)cc1. The van der Waals surface area contributed by atoms with Crippen LogP contribution in [0, 0.1) is 0 Å². The highest BCUT2D eigenvalue weighted by atomic mass is 16.5. The zero-order valence-electron chi connectivity index (χ0n) is 9.84. The minimum Gasteiger partial charge on any atom is -0.491 e. The van der Waals surface area contributed by atoms with Gasteiger partial charge in [-0.2, -0.15) is 5.10 Å². The van der Waals surface area contributed by atoms with Gasteiger partial charge in [0.25, 0.3) is 0 Å². The molecular formula is C13H16N2O. The van der Waals surface area contributed by atoms with Gasteiger partial charge in [-0.05, 0) is 44.2 Å². The van der Waals surface area contributed by atoms with Crippen molar-refractivity contribution in [1.82, 2.24) is 9.78 Å². The standard InChI is InChI=1S/C13H16N2O/c1-10(2)16-12-6-4-11(5-7-12)13-8-9-14-15(13)3/h4-10H,1-3H3. The van der Waals surface area contributed by atoms with E-state index in [1.807, 2.05) is 43.8 Å². The van der Waals surface area contributed by atoms with Crippen LogP contribution in [0.5, 0.6) is 5.75 Å². The molecule has 0 spiro atoms. The zero-order valence-corrected chi connectivity index (χ0v) is 9.84. The molecule has 0 saturated carbocycles. The minimum absolute atomic E-state index is 0.211. The van der Waals surface area contributed by atoms with Gasteiger partial charge in [-0.3, -0.25) is 4.68 Å². The highest BCUT2D eigenvalue weighted by Crippen LogP contribution is 2.21. The molecule has 0 N–H and O–H groups in total. The largest absolute Gasteiger partial charge is 0.491 e. The van der Waals surface area contributed by atoms with Gasteiger partial charge < -0.3 is 4.74 Å². The van der Waals surface area contributed by atoms with Crippen LogP contribution < -0.4 is 4.74 Å². The molecule has 3 heteroatoms. The first kappa shape index (κ1) is 10.7.